The third kappa shape index (κ3) is 6.88. The number of rotatable bonds is 9. The van der Waals surface area contributed by atoms with E-state index in [9.17, 15) is 14.7 Å². The fourth-order valence-electron chi connectivity index (χ4n) is 4.03. The molecule has 0 aliphatic heterocycles. The quantitative estimate of drug-likeness (QED) is 0.496. The Morgan fingerprint density at radius 2 is 1.46 bits per heavy atom. The van der Waals surface area contributed by atoms with E-state index in [1.54, 1.807) is 7.11 Å². The summed E-state index contributed by atoms with van der Waals surface area (Å²) in [5.41, 5.74) is 0. The molecular weight excluding hydrogens is 336 g/mol. The number of aliphatic hydroxyl groups is 1. The summed E-state index contributed by atoms with van der Waals surface area (Å²) in [5, 5.41) is 9.23. The highest BCUT2D eigenvalue weighted by Gasteiger charge is 2.29. The van der Waals surface area contributed by atoms with Crippen LogP contribution >= 0.6 is 0 Å². The van der Waals surface area contributed by atoms with Crippen LogP contribution in [0.3, 0.4) is 0 Å². The maximum Gasteiger partial charge on any atom is 0.309 e. The van der Waals surface area contributed by atoms with E-state index in [-0.39, 0.29) is 42.4 Å². The smallest absolute Gasteiger partial charge is 0.309 e. The largest absolute Gasteiger partial charge is 0.465 e. The van der Waals surface area contributed by atoms with Crippen LogP contribution in [0, 0.1) is 17.8 Å². The summed E-state index contributed by atoms with van der Waals surface area (Å²) in [7, 11) is 1.69. The second-order valence-electron chi connectivity index (χ2n) is 7.68. The Hall–Kier alpha value is -1.14. The van der Waals surface area contributed by atoms with Crippen molar-refractivity contribution in [1.82, 2.24) is 0 Å². The third-order valence-electron chi connectivity index (χ3n) is 5.69. The van der Waals surface area contributed by atoms with Crippen molar-refractivity contribution in [1.29, 1.82) is 0 Å². The minimum atomic E-state index is -0.145. The molecule has 2 aliphatic carbocycles. The molecule has 0 aromatic carbocycles. The molecule has 26 heavy (non-hydrogen) atoms. The van der Waals surface area contributed by atoms with Gasteiger partial charge in [0.25, 0.3) is 0 Å². The Balaban J connectivity index is 1.52. The lowest BCUT2D eigenvalue weighted by Gasteiger charge is -2.26. The first-order valence-electron chi connectivity index (χ1n) is 10.1. The molecule has 0 bridgehead atoms. The number of hydrogen-bond donors (Lipinski definition) is 1. The van der Waals surface area contributed by atoms with Crippen molar-refractivity contribution in [3.8, 4) is 0 Å². The molecule has 2 rings (SSSR count). The van der Waals surface area contributed by atoms with Crippen molar-refractivity contribution < 1.29 is 28.9 Å². The van der Waals surface area contributed by atoms with Crippen LogP contribution in [0.15, 0.2) is 0 Å². The first-order chi connectivity index (χ1) is 12.6. The molecule has 0 aromatic heterocycles. The number of carbonyl (C=O) groups is 2. The van der Waals surface area contributed by atoms with Crippen LogP contribution in [-0.2, 0) is 23.8 Å². The minimum Gasteiger partial charge on any atom is -0.465 e. The molecule has 0 heterocycles. The second-order valence-corrected chi connectivity index (χ2v) is 7.68. The third-order valence-corrected chi connectivity index (χ3v) is 5.69. The standard InChI is InChI=1S/C20H34O6/c1-24-18-9-5-8-17(13-18)20(23)26-11-3-2-10-25-19(22)16-7-4-6-15(12-16)14-21/h15-18,21H,2-14H2,1H3. The van der Waals surface area contributed by atoms with E-state index in [2.05, 4.69) is 0 Å². The van der Waals surface area contributed by atoms with Crippen molar-refractivity contribution in [3.63, 3.8) is 0 Å². The van der Waals surface area contributed by atoms with Gasteiger partial charge >= 0.3 is 11.9 Å². The van der Waals surface area contributed by atoms with Crippen molar-refractivity contribution in [3.05, 3.63) is 0 Å². The molecule has 0 aromatic rings. The molecule has 4 unspecified atom stereocenters. The van der Waals surface area contributed by atoms with Gasteiger partial charge in [-0.3, -0.25) is 9.59 Å². The monoisotopic (exact) mass is 370 g/mol. The van der Waals surface area contributed by atoms with Gasteiger partial charge in [0.05, 0.1) is 31.2 Å². The van der Waals surface area contributed by atoms with Gasteiger partial charge in [0.2, 0.25) is 0 Å². The number of unbranched alkanes of at least 4 members (excludes halogenated alkanes) is 1. The second kappa shape index (κ2) is 11.5. The summed E-state index contributed by atoms with van der Waals surface area (Å²) in [4.78, 5) is 24.1. The minimum absolute atomic E-state index is 0.0442. The summed E-state index contributed by atoms with van der Waals surface area (Å²) in [6.07, 6.45) is 8.79. The van der Waals surface area contributed by atoms with E-state index in [4.69, 9.17) is 14.2 Å². The Kier molecular flexibility index (Phi) is 9.40. The molecule has 0 radical (unpaired) electrons. The summed E-state index contributed by atoms with van der Waals surface area (Å²) in [6, 6.07) is 0. The molecule has 6 heteroatoms. The number of esters is 2. The average Bonchev–Trinajstić information content (AvgIpc) is 2.70. The van der Waals surface area contributed by atoms with Gasteiger partial charge in [-0.2, -0.15) is 0 Å². The Labute approximate surface area is 156 Å². The molecule has 0 saturated heterocycles. The van der Waals surface area contributed by atoms with Gasteiger partial charge < -0.3 is 19.3 Å². The van der Waals surface area contributed by atoms with Gasteiger partial charge in [-0.1, -0.05) is 12.8 Å². The van der Waals surface area contributed by atoms with E-state index in [0.29, 0.717) is 26.1 Å². The van der Waals surface area contributed by atoms with Gasteiger partial charge in [0.15, 0.2) is 0 Å². The van der Waals surface area contributed by atoms with Gasteiger partial charge in [0.1, 0.15) is 0 Å². The van der Waals surface area contributed by atoms with Crippen molar-refractivity contribution in [2.45, 2.75) is 70.3 Å². The van der Waals surface area contributed by atoms with E-state index >= 15 is 0 Å². The Morgan fingerprint density at radius 1 is 0.885 bits per heavy atom. The van der Waals surface area contributed by atoms with Crippen molar-refractivity contribution >= 4 is 11.9 Å². The zero-order valence-electron chi connectivity index (χ0n) is 16.0. The Bertz CT molecular complexity index is 398. The topological polar surface area (TPSA) is 82.1 Å². The van der Waals surface area contributed by atoms with Gasteiger partial charge in [0, 0.05) is 13.7 Å². The fraction of sp³-hybridized carbons (Fsp3) is 0.900. The lowest BCUT2D eigenvalue weighted by atomic mass is 9.82. The summed E-state index contributed by atoms with van der Waals surface area (Å²) in [5.74, 6) is -0.150. The predicted molar refractivity (Wildman–Crippen MR) is 96.4 cm³/mol. The first-order valence-corrected chi connectivity index (χ1v) is 10.1. The molecule has 0 spiro atoms. The van der Waals surface area contributed by atoms with E-state index in [0.717, 1.165) is 51.4 Å². The van der Waals surface area contributed by atoms with Crippen molar-refractivity contribution in [2.24, 2.45) is 17.8 Å². The zero-order valence-corrected chi connectivity index (χ0v) is 16.0. The van der Waals surface area contributed by atoms with Crippen LogP contribution in [0.2, 0.25) is 0 Å². The van der Waals surface area contributed by atoms with Gasteiger partial charge in [-0.05, 0) is 57.3 Å². The zero-order chi connectivity index (χ0) is 18.8. The van der Waals surface area contributed by atoms with Crippen LogP contribution in [-0.4, -0.2) is 50.1 Å². The number of aliphatic hydroxyl groups excluding tert-OH is 1. The van der Waals surface area contributed by atoms with E-state index < -0.39 is 0 Å². The van der Waals surface area contributed by atoms with Crippen LogP contribution in [0.25, 0.3) is 0 Å². The van der Waals surface area contributed by atoms with Crippen LogP contribution in [0.1, 0.15) is 64.2 Å². The van der Waals surface area contributed by atoms with E-state index in [1.807, 2.05) is 0 Å². The maximum atomic E-state index is 12.1. The molecule has 150 valence electrons. The highest BCUT2D eigenvalue weighted by molar-refractivity contribution is 5.73. The summed E-state index contributed by atoms with van der Waals surface area (Å²) >= 11 is 0. The molecule has 2 aliphatic rings. The molecule has 1 N–H and O–H groups in total. The Morgan fingerprint density at radius 3 is 2.04 bits per heavy atom. The van der Waals surface area contributed by atoms with Gasteiger partial charge in [-0.25, -0.2) is 0 Å². The molecular formula is C20H34O6. The predicted octanol–water partition coefficient (Wildman–Crippen LogP) is 2.86. The van der Waals surface area contributed by atoms with E-state index in [1.165, 1.54) is 0 Å². The molecule has 6 nitrogen and oxygen atoms in total. The highest BCUT2D eigenvalue weighted by Crippen LogP contribution is 2.29. The molecule has 2 fully saturated rings. The van der Waals surface area contributed by atoms with Crippen molar-refractivity contribution in [2.75, 3.05) is 26.9 Å². The van der Waals surface area contributed by atoms with Gasteiger partial charge in [-0.15, -0.1) is 0 Å². The number of carbonyl (C=O) groups excluding carboxylic acids is 2. The lowest BCUT2D eigenvalue weighted by Crippen LogP contribution is -2.28. The maximum absolute atomic E-state index is 12.1. The SMILES string of the molecule is COC1CCCC(C(=O)OCCCCOC(=O)C2CCCC(CO)C2)C1. The average molecular weight is 370 g/mol. The summed E-state index contributed by atoms with van der Waals surface area (Å²) in [6.45, 7) is 0.896. The molecule has 4 atom stereocenters. The van der Waals surface area contributed by atoms with Crippen LogP contribution in [0.4, 0.5) is 0 Å². The number of ether oxygens (including phenoxy) is 3. The first kappa shape index (κ1) is 21.2. The molecule has 0 amide bonds. The number of hydrogen-bond acceptors (Lipinski definition) is 6. The highest BCUT2D eigenvalue weighted by atomic mass is 16.5. The normalized spacial score (nSPS) is 29.2. The van der Waals surface area contributed by atoms with Crippen LogP contribution in [0.5, 0.6) is 0 Å². The molecule has 2 saturated carbocycles. The number of methoxy groups -OCH3 is 1. The summed E-state index contributed by atoms with van der Waals surface area (Å²) < 4.78 is 16.1. The van der Waals surface area contributed by atoms with Crippen LogP contribution < -0.4 is 0 Å². The lowest BCUT2D eigenvalue weighted by molar-refractivity contribution is -0.153. The fourth-order valence-corrected chi connectivity index (χ4v) is 4.03.